The summed E-state index contributed by atoms with van der Waals surface area (Å²) in [6.07, 6.45) is 2.85. The van der Waals surface area contributed by atoms with Crippen LogP contribution in [0.2, 0.25) is 0 Å². The molecule has 0 radical (unpaired) electrons. The first-order valence-electron chi connectivity index (χ1n) is 10.6. The van der Waals surface area contributed by atoms with Gasteiger partial charge in [0.15, 0.2) is 0 Å². The summed E-state index contributed by atoms with van der Waals surface area (Å²) in [6, 6.07) is 19.3. The molecule has 6 nitrogen and oxygen atoms in total. The van der Waals surface area contributed by atoms with Gasteiger partial charge in [-0.05, 0) is 37.1 Å². The third-order valence-electron chi connectivity index (χ3n) is 5.40. The Morgan fingerprint density at radius 1 is 0.933 bits per heavy atom. The van der Waals surface area contributed by atoms with Crippen molar-refractivity contribution in [1.29, 1.82) is 0 Å². The Kier molecular flexibility index (Phi) is 8.56. The van der Waals surface area contributed by atoms with Gasteiger partial charge in [-0.15, -0.1) is 0 Å². The van der Waals surface area contributed by atoms with E-state index in [2.05, 4.69) is 10.4 Å². The highest BCUT2D eigenvalue weighted by Gasteiger charge is 2.23. The summed E-state index contributed by atoms with van der Waals surface area (Å²) < 4.78 is 0. The van der Waals surface area contributed by atoms with Crippen LogP contribution in [-0.2, 0) is 14.4 Å². The number of Topliss-reactive ketones (excluding diaryl/α,β-unsaturated/α-hetero) is 1. The van der Waals surface area contributed by atoms with Gasteiger partial charge in [0.25, 0.3) is 0 Å². The Morgan fingerprint density at radius 3 is 2.07 bits per heavy atom. The van der Waals surface area contributed by atoms with Crippen molar-refractivity contribution in [3.63, 3.8) is 0 Å². The van der Waals surface area contributed by atoms with Crippen LogP contribution in [0, 0.1) is 0 Å². The SMILES string of the molecule is O=C(CC(c1ccccc1)c1ccccc1)C(=O)NOCC(O)CN1CCCCC1. The van der Waals surface area contributed by atoms with Crippen molar-refractivity contribution in [2.24, 2.45) is 0 Å². The van der Waals surface area contributed by atoms with E-state index < -0.39 is 17.8 Å². The van der Waals surface area contributed by atoms with Gasteiger partial charge < -0.3 is 10.0 Å². The second kappa shape index (κ2) is 11.6. The average Bonchev–Trinajstić information content (AvgIpc) is 2.79. The quantitative estimate of drug-likeness (QED) is 0.465. The molecule has 0 spiro atoms. The first kappa shape index (κ1) is 22.2. The van der Waals surface area contributed by atoms with Gasteiger partial charge in [-0.1, -0.05) is 67.1 Å². The number of likely N-dealkylation sites (tertiary alicyclic amines) is 1. The van der Waals surface area contributed by atoms with E-state index in [9.17, 15) is 14.7 Å². The summed E-state index contributed by atoms with van der Waals surface area (Å²) in [4.78, 5) is 32.1. The fourth-order valence-electron chi connectivity index (χ4n) is 3.83. The maximum atomic E-state index is 12.5. The van der Waals surface area contributed by atoms with Crippen molar-refractivity contribution in [2.75, 3.05) is 26.2 Å². The van der Waals surface area contributed by atoms with Gasteiger partial charge in [0.2, 0.25) is 5.78 Å². The number of hydrogen-bond acceptors (Lipinski definition) is 5. The van der Waals surface area contributed by atoms with Crippen LogP contribution in [0.25, 0.3) is 0 Å². The van der Waals surface area contributed by atoms with Crippen molar-refractivity contribution in [3.05, 3.63) is 71.8 Å². The lowest BCUT2D eigenvalue weighted by atomic mass is 9.87. The molecule has 0 saturated carbocycles. The molecule has 1 aliphatic heterocycles. The lowest BCUT2D eigenvalue weighted by Gasteiger charge is -2.28. The monoisotopic (exact) mass is 410 g/mol. The molecular formula is C24H30N2O4. The zero-order valence-electron chi connectivity index (χ0n) is 17.2. The number of aliphatic hydroxyl groups excluding tert-OH is 1. The molecule has 160 valence electrons. The first-order valence-corrected chi connectivity index (χ1v) is 10.6. The predicted octanol–water partition coefficient (Wildman–Crippen LogP) is 2.67. The normalized spacial score (nSPS) is 15.7. The number of nitrogens with one attached hydrogen (secondary N) is 1. The molecule has 30 heavy (non-hydrogen) atoms. The molecule has 1 aliphatic rings. The Morgan fingerprint density at radius 2 is 1.50 bits per heavy atom. The molecule has 1 fully saturated rings. The molecule has 2 aromatic rings. The van der Waals surface area contributed by atoms with E-state index in [4.69, 9.17) is 4.84 Å². The number of nitrogens with zero attached hydrogens (tertiary/aromatic N) is 1. The van der Waals surface area contributed by atoms with Crippen LogP contribution >= 0.6 is 0 Å². The molecule has 0 aromatic heterocycles. The number of rotatable bonds is 10. The predicted molar refractivity (Wildman–Crippen MR) is 115 cm³/mol. The molecule has 1 unspecified atom stereocenters. The standard InChI is InChI=1S/C24H30N2O4/c27-21(17-26-14-8-3-9-15-26)18-30-25-24(29)23(28)16-22(19-10-4-1-5-11-19)20-12-6-2-7-13-20/h1-2,4-7,10-13,21-22,27H,3,8-9,14-18H2,(H,25,29). The Balaban J connectivity index is 1.49. The molecule has 2 aromatic carbocycles. The van der Waals surface area contributed by atoms with E-state index in [1.807, 2.05) is 60.7 Å². The van der Waals surface area contributed by atoms with Gasteiger partial charge >= 0.3 is 5.91 Å². The smallest absolute Gasteiger partial charge is 0.310 e. The minimum atomic E-state index is -0.794. The molecule has 2 N–H and O–H groups in total. The summed E-state index contributed by atoms with van der Waals surface area (Å²) >= 11 is 0. The van der Waals surface area contributed by atoms with Gasteiger partial charge in [-0.25, -0.2) is 5.48 Å². The highest BCUT2D eigenvalue weighted by atomic mass is 16.7. The number of amides is 1. The van der Waals surface area contributed by atoms with Crippen LogP contribution in [0.1, 0.15) is 42.7 Å². The van der Waals surface area contributed by atoms with Crippen LogP contribution in [0.15, 0.2) is 60.7 Å². The second-order valence-electron chi connectivity index (χ2n) is 7.76. The molecule has 1 heterocycles. The molecule has 1 saturated heterocycles. The van der Waals surface area contributed by atoms with Crippen molar-refractivity contribution in [3.8, 4) is 0 Å². The maximum Gasteiger partial charge on any atom is 0.310 e. The van der Waals surface area contributed by atoms with Crippen molar-refractivity contribution >= 4 is 11.7 Å². The third-order valence-corrected chi connectivity index (χ3v) is 5.40. The summed E-state index contributed by atoms with van der Waals surface area (Å²) in [5.74, 6) is -1.56. The minimum absolute atomic E-state index is 0.0412. The fourth-order valence-corrected chi connectivity index (χ4v) is 3.83. The number of ketones is 1. The lowest BCUT2D eigenvalue weighted by molar-refractivity contribution is -0.147. The number of carbonyl (C=O) groups excluding carboxylic acids is 2. The zero-order valence-corrected chi connectivity index (χ0v) is 17.2. The van der Waals surface area contributed by atoms with E-state index in [-0.39, 0.29) is 18.9 Å². The number of hydroxylamine groups is 1. The number of piperidine rings is 1. The van der Waals surface area contributed by atoms with Crippen LogP contribution in [0.3, 0.4) is 0 Å². The highest BCUT2D eigenvalue weighted by molar-refractivity contribution is 6.36. The second-order valence-corrected chi connectivity index (χ2v) is 7.76. The average molecular weight is 411 g/mol. The number of β-amino-alcohol motifs (C(OH)–C–C–N with tert-alkyl or cyclic N) is 1. The Bertz CT molecular complexity index is 752. The summed E-state index contributed by atoms with van der Waals surface area (Å²) in [5, 5.41) is 10.1. The fraction of sp³-hybridized carbons (Fsp3) is 0.417. The topological polar surface area (TPSA) is 78.9 Å². The van der Waals surface area contributed by atoms with Crippen molar-refractivity contribution < 1.29 is 19.5 Å². The first-order chi connectivity index (χ1) is 14.6. The highest BCUT2D eigenvalue weighted by Crippen LogP contribution is 2.28. The van der Waals surface area contributed by atoms with E-state index >= 15 is 0 Å². The van der Waals surface area contributed by atoms with Crippen LogP contribution in [0.4, 0.5) is 0 Å². The number of hydrogen-bond donors (Lipinski definition) is 2. The maximum absolute atomic E-state index is 12.5. The van der Waals surface area contributed by atoms with E-state index in [1.54, 1.807) is 0 Å². The van der Waals surface area contributed by atoms with Crippen LogP contribution in [-0.4, -0.2) is 54.0 Å². The molecule has 0 bridgehead atoms. The molecule has 6 heteroatoms. The minimum Gasteiger partial charge on any atom is -0.389 e. The lowest BCUT2D eigenvalue weighted by Crippen LogP contribution is -2.40. The van der Waals surface area contributed by atoms with E-state index in [0.29, 0.717) is 6.54 Å². The summed E-state index contributed by atoms with van der Waals surface area (Å²) in [5.41, 5.74) is 4.14. The summed E-state index contributed by atoms with van der Waals surface area (Å²) in [7, 11) is 0. The molecule has 3 rings (SSSR count). The molecule has 1 amide bonds. The largest absolute Gasteiger partial charge is 0.389 e. The van der Waals surface area contributed by atoms with Crippen molar-refractivity contribution in [2.45, 2.75) is 37.7 Å². The number of benzene rings is 2. The van der Waals surface area contributed by atoms with Gasteiger partial charge in [0.05, 0.1) is 6.10 Å². The van der Waals surface area contributed by atoms with Crippen LogP contribution in [0.5, 0.6) is 0 Å². The Hall–Kier alpha value is -2.54. The Labute approximate surface area is 177 Å². The van der Waals surface area contributed by atoms with Gasteiger partial charge in [-0.2, -0.15) is 0 Å². The number of carbonyl (C=O) groups is 2. The van der Waals surface area contributed by atoms with E-state index in [0.717, 1.165) is 37.1 Å². The van der Waals surface area contributed by atoms with Gasteiger partial charge in [0.1, 0.15) is 6.61 Å². The summed E-state index contributed by atoms with van der Waals surface area (Å²) in [6.45, 7) is 2.41. The van der Waals surface area contributed by atoms with Crippen molar-refractivity contribution in [1.82, 2.24) is 10.4 Å². The molecular weight excluding hydrogens is 380 g/mol. The van der Waals surface area contributed by atoms with Gasteiger partial charge in [-0.3, -0.25) is 14.4 Å². The van der Waals surface area contributed by atoms with E-state index in [1.165, 1.54) is 6.42 Å². The van der Waals surface area contributed by atoms with Crippen LogP contribution < -0.4 is 5.48 Å². The molecule has 1 atom stereocenters. The zero-order chi connectivity index (χ0) is 21.2. The molecule has 0 aliphatic carbocycles. The van der Waals surface area contributed by atoms with Gasteiger partial charge in [0, 0.05) is 18.9 Å². The number of aliphatic hydroxyl groups is 1. The third kappa shape index (κ3) is 6.76.